The molecular weight excluding hydrogens is 252 g/mol. The van der Waals surface area contributed by atoms with Gasteiger partial charge < -0.3 is 14.9 Å². The first-order valence-corrected chi connectivity index (χ1v) is 6.64. The number of methoxy groups -OCH3 is 1. The van der Waals surface area contributed by atoms with Gasteiger partial charge in [0.25, 0.3) is 0 Å². The summed E-state index contributed by atoms with van der Waals surface area (Å²) in [5, 5.41) is 20.1. The SMILES string of the molecule is CCCC(O)C(O)CCc1ccc(OC)cc1Cl. The molecule has 0 fully saturated rings. The summed E-state index contributed by atoms with van der Waals surface area (Å²) in [4.78, 5) is 0. The van der Waals surface area contributed by atoms with Crippen molar-refractivity contribution in [3.8, 4) is 5.75 Å². The molecule has 0 spiro atoms. The third kappa shape index (κ3) is 4.48. The molecule has 0 aliphatic heterocycles. The van der Waals surface area contributed by atoms with E-state index in [-0.39, 0.29) is 0 Å². The first kappa shape index (κ1) is 15.3. The molecule has 18 heavy (non-hydrogen) atoms. The van der Waals surface area contributed by atoms with Crippen LogP contribution in [-0.4, -0.2) is 29.5 Å². The van der Waals surface area contributed by atoms with Gasteiger partial charge in [0.2, 0.25) is 0 Å². The zero-order valence-electron chi connectivity index (χ0n) is 10.9. The lowest BCUT2D eigenvalue weighted by Crippen LogP contribution is -2.26. The van der Waals surface area contributed by atoms with E-state index in [0.29, 0.717) is 24.3 Å². The van der Waals surface area contributed by atoms with Crippen molar-refractivity contribution in [2.75, 3.05) is 7.11 Å². The van der Waals surface area contributed by atoms with Crippen LogP contribution >= 0.6 is 11.6 Å². The lowest BCUT2D eigenvalue weighted by atomic mass is 10.0. The lowest BCUT2D eigenvalue weighted by molar-refractivity contribution is 0.00981. The Morgan fingerprint density at radius 1 is 1.22 bits per heavy atom. The summed E-state index contributed by atoms with van der Waals surface area (Å²) in [6.45, 7) is 1.98. The molecule has 0 aliphatic carbocycles. The van der Waals surface area contributed by atoms with Crippen molar-refractivity contribution in [2.45, 2.75) is 44.8 Å². The lowest BCUT2D eigenvalue weighted by Gasteiger charge is -2.17. The molecule has 2 N–H and O–H groups in total. The van der Waals surface area contributed by atoms with Crippen LogP contribution in [-0.2, 0) is 6.42 Å². The van der Waals surface area contributed by atoms with Crippen LogP contribution in [0.1, 0.15) is 31.7 Å². The van der Waals surface area contributed by atoms with E-state index in [9.17, 15) is 10.2 Å². The molecule has 3 nitrogen and oxygen atoms in total. The highest BCUT2D eigenvalue weighted by atomic mass is 35.5. The average molecular weight is 273 g/mol. The van der Waals surface area contributed by atoms with Crippen LogP contribution < -0.4 is 4.74 Å². The number of aliphatic hydroxyl groups excluding tert-OH is 2. The minimum Gasteiger partial charge on any atom is -0.497 e. The molecule has 0 amide bonds. The number of aliphatic hydroxyl groups is 2. The molecule has 0 saturated carbocycles. The van der Waals surface area contributed by atoms with Gasteiger partial charge in [0.1, 0.15) is 5.75 Å². The zero-order valence-corrected chi connectivity index (χ0v) is 11.7. The third-order valence-corrected chi connectivity index (χ3v) is 3.35. The molecule has 0 aromatic heterocycles. The molecule has 0 heterocycles. The van der Waals surface area contributed by atoms with Gasteiger partial charge in [0.05, 0.1) is 19.3 Å². The van der Waals surface area contributed by atoms with E-state index in [0.717, 1.165) is 17.7 Å². The summed E-state index contributed by atoms with van der Waals surface area (Å²) in [7, 11) is 1.59. The van der Waals surface area contributed by atoms with Crippen molar-refractivity contribution in [3.63, 3.8) is 0 Å². The number of hydrogen-bond donors (Lipinski definition) is 2. The van der Waals surface area contributed by atoms with Crippen molar-refractivity contribution >= 4 is 11.6 Å². The molecule has 102 valence electrons. The molecule has 1 rings (SSSR count). The molecular formula is C14H21ClO3. The second-order valence-electron chi connectivity index (χ2n) is 4.42. The molecule has 2 unspecified atom stereocenters. The van der Waals surface area contributed by atoms with Crippen LogP contribution in [0.3, 0.4) is 0 Å². The van der Waals surface area contributed by atoms with Gasteiger partial charge in [-0.15, -0.1) is 0 Å². The van der Waals surface area contributed by atoms with E-state index in [1.165, 1.54) is 0 Å². The van der Waals surface area contributed by atoms with Gasteiger partial charge in [0, 0.05) is 5.02 Å². The van der Waals surface area contributed by atoms with Gasteiger partial charge in [0.15, 0.2) is 0 Å². The van der Waals surface area contributed by atoms with Crippen LogP contribution in [0.25, 0.3) is 0 Å². The number of aryl methyl sites for hydroxylation is 1. The summed E-state index contributed by atoms with van der Waals surface area (Å²) in [5.41, 5.74) is 0.959. The third-order valence-electron chi connectivity index (χ3n) is 3.00. The van der Waals surface area contributed by atoms with Crippen molar-refractivity contribution in [3.05, 3.63) is 28.8 Å². The second-order valence-corrected chi connectivity index (χ2v) is 4.83. The Morgan fingerprint density at radius 2 is 1.89 bits per heavy atom. The van der Waals surface area contributed by atoms with Crippen LogP contribution in [0.4, 0.5) is 0 Å². The van der Waals surface area contributed by atoms with E-state index in [1.54, 1.807) is 13.2 Å². The van der Waals surface area contributed by atoms with Crippen molar-refractivity contribution in [1.82, 2.24) is 0 Å². The van der Waals surface area contributed by atoms with Crippen LogP contribution in [0, 0.1) is 0 Å². The first-order valence-electron chi connectivity index (χ1n) is 6.27. The summed E-state index contributed by atoms with van der Waals surface area (Å²) in [6.07, 6.45) is 1.30. The standard InChI is InChI=1S/C14H21ClO3/c1-3-4-13(16)14(17)8-6-10-5-7-11(18-2)9-12(10)15/h5,7,9,13-14,16-17H,3-4,6,8H2,1-2H3. The highest BCUT2D eigenvalue weighted by Gasteiger charge is 2.15. The Kier molecular flexibility index (Phi) is 6.47. The number of benzene rings is 1. The fourth-order valence-corrected chi connectivity index (χ4v) is 2.11. The fraction of sp³-hybridized carbons (Fsp3) is 0.571. The highest BCUT2D eigenvalue weighted by molar-refractivity contribution is 6.31. The van der Waals surface area contributed by atoms with Crippen molar-refractivity contribution in [2.24, 2.45) is 0 Å². The molecule has 2 atom stereocenters. The van der Waals surface area contributed by atoms with Gasteiger partial charge in [-0.05, 0) is 37.0 Å². The van der Waals surface area contributed by atoms with Crippen molar-refractivity contribution < 1.29 is 14.9 Å². The Balaban J connectivity index is 2.53. The van der Waals surface area contributed by atoms with Gasteiger partial charge in [-0.2, -0.15) is 0 Å². The summed E-state index contributed by atoms with van der Waals surface area (Å²) in [5.74, 6) is 0.718. The Labute approximate surface area is 113 Å². The maximum atomic E-state index is 9.78. The Hall–Kier alpha value is -0.770. The largest absolute Gasteiger partial charge is 0.497 e. The minimum absolute atomic E-state index is 0.507. The van der Waals surface area contributed by atoms with E-state index >= 15 is 0 Å². The van der Waals surface area contributed by atoms with Gasteiger partial charge in [-0.3, -0.25) is 0 Å². The quantitative estimate of drug-likeness (QED) is 0.802. The Bertz CT molecular complexity index is 368. The number of ether oxygens (including phenoxy) is 1. The second kappa shape index (κ2) is 7.62. The molecule has 4 heteroatoms. The predicted molar refractivity (Wildman–Crippen MR) is 73.2 cm³/mol. The summed E-state index contributed by atoms with van der Waals surface area (Å²) >= 11 is 6.11. The molecule has 1 aromatic carbocycles. The van der Waals surface area contributed by atoms with Gasteiger partial charge in [-0.25, -0.2) is 0 Å². The van der Waals surface area contributed by atoms with Crippen LogP contribution in [0.2, 0.25) is 5.02 Å². The maximum absolute atomic E-state index is 9.78. The highest BCUT2D eigenvalue weighted by Crippen LogP contribution is 2.24. The first-order chi connectivity index (χ1) is 8.58. The maximum Gasteiger partial charge on any atom is 0.120 e. The average Bonchev–Trinajstić information content (AvgIpc) is 2.37. The van der Waals surface area contributed by atoms with E-state index in [2.05, 4.69) is 0 Å². The van der Waals surface area contributed by atoms with E-state index in [4.69, 9.17) is 16.3 Å². The summed E-state index contributed by atoms with van der Waals surface area (Å²) < 4.78 is 5.07. The number of hydrogen-bond acceptors (Lipinski definition) is 3. The molecule has 1 aromatic rings. The minimum atomic E-state index is -0.692. The van der Waals surface area contributed by atoms with Crippen LogP contribution in [0.15, 0.2) is 18.2 Å². The topological polar surface area (TPSA) is 49.7 Å². The molecule has 0 bridgehead atoms. The van der Waals surface area contributed by atoms with Crippen LogP contribution in [0.5, 0.6) is 5.75 Å². The molecule has 0 saturated heterocycles. The monoisotopic (exact) mass is 272 g/mol. The van der Waals surface area contributed by atoms with E-state index in [1.807, 2.05) is 19.1 Å². The Morgan fingerprint density at radius 3 is 2.44 bits per heavy atom. The summed E-state index contributed by atoms with van der Waals surface area (Å²) in [6, 6.07) is 5.49. The van der Waals surface area contributed by atoms with Gasteiger partial charge >= 0.3 is 0 Å². The fourth-order valence-electron chi connectivity index (χ4n) is 1.84. The smallest absolute Gasteiger partial charge is 0.120 e. The normalized spacial score (nSPS) is 14.3. The number of halogens is 1. The zero-order chi connectivity index (χ0) is 13.5. The molecule has 0 aliphatic rings. The molecule has 0 radical (unpaired) electrons. The van der Waals surface area contributed by atoms with E-state index < -0.39 is 12.2 Å². The predicted octanol–water partition coefficient (Wildman–Crippen LogP) is 2.80. The van der Waals surface area contributed by atoms with Gasteiger partial charge in [-0.1, -0.05) is 31.0 Å². The number of rotatable bonds is 7. The van der Waals surface area contributed by atoms with Crippen molar-refractivity contribution in [1.29, 1.82) is 0 Å².